The van der Waals surface area contributed by atoms with Gasteiger partial charge in [0.1, 0.15) is 6.10 Å². The molecule has 11 atom stereocenters. The molecular formula is C32H54O4. The highest BCUT2D eigenvalue weighted by Crippen LogP contribution is 2.78. The van der Waals surface area contributed by atoms with Gasteiger partial charge in [0.2, 0.25) is 0 Å². The predicted octanol–water partition coefficient (Wildman–Crippen LogP) is 6.76. The average molecular weight is 503 g/mol. The van der Waals surface area contributed by atoms with Crippen molar-refractivity contribution in [3.63, 3.8) is 0 Å². The summed E-state index contributed by atoms with van der Waals surface area (Å²) in [5.74, 6) is 1.74. The number of aliphatic hydroxyl groups excluding tert-OH is 1. The Morgan fingerprint density at radius 1 is 0.861 bits per heavy atom. The zero-order valence-corrected chi connectivity index (χ0v) is 24.6. The summed E-state index contributed by atoms with van der Waals surface area (Å²) in [5, 5.41) is 23.5. The molecule has 0 radical (unpaired) electrons. The number of carbonyl (C=O) groups excluding carboxylic acids is 1. The fourth-order valence-corrected chi connectivity index (χ4v) is 12.5. The van der Waals surface area contributed by atoms with Crippen molar-refractivity contribution in [1.29, 1.82) is 0 Å². The predicted molar refractivity (Wildman–Crippen MR) is 143 cm³/mol. The number of aliphatic hydroxyl groups is 2. The summed E-state index contributed by atoms with van der Waals surface area (Å²) in [6.45, 7) is 20.1. The van der Waals surface area contributed by atoms with Gasteiger partial charge in [-0.1, -0.05) is 48.0 Å². The second-order valence-electron chi connectivity index (χ2n) is 16.2. The number of hydrogen-bond donors (Lipinski definition) is 2. The van der Waals surface area contributed by atoms with Crippen LogP contribution in [0.25, 0.3) is 0 Å². The maximum Gasteiger partial charge on any atom is 0.303 e. The third-order valence-corrected chi connectivity index (χ3v) is 13.9. The molecule has 11 unspecified atom stereocenters. The van der Waals surface area contributed by atoms with E-state index >= 15 is 0 Å². The highest BCUT2D eigenvalue weighted by Gasteiger charge is 2.75. The van der Waals surface area contributed by atoms with Crippen LogP contribution < -0.4 is 0 Å². The van der Waals surface area contributed by atoms with Crippen LogP contribution in [-0.2, 0) is 9.53 Å². The van der Waals surface area contributed by atoms with Crippen molar-refractivity contribution in [2.24, 2.45) is 56.7 Å². The minimum absolute atomic E-state index is 0.0248. The molecule has 4 heteroatoms. The molecule has 0 heterocycles. The highest BCUT2D eigenvalue weighted by atomic mass is 16.6. The van der Waals surface area contributed by atoms with E-state index in [-0.39, 0.29) is 39.0 Å². The van der Waals surface area contributed by atoms with E-state index in [1.807, 2.05) is 13.8 Å². The van der Waals surface area contributed by atoms with Crippen LogP contribution in [0.1, 0.15) is 120 Å². The molecule has 5 rings (SSSR count). The van der Waals surface area contributed by atoms with E-state index in [0.717, 1.165) is 38.5 Å². The maximum atomic E-state index is 12.5. The number of carbonyl (C=O) groups is 1. The van der Waals surface area contributed by atoms with E-state index in [1.165, 1.54) is 26.2 Å². The van der Waals surface area contributed by atoms with E-state index in [4.69, 9.17) is 4.74 Å². The summed E-state index contributed by atoms with van der Waals surface area (Å²) >= 11 is 0. The van der Waals surface area contributed by atoms with Crippen molar-refractivity contribution < 1.29 is 19.7 Å². The van der Waals surface area contributed by atoms with Gasteiger partial charge in [0.15, 0.2) is 0 Å². The number of hydrogen-bond acceptors (Lipinski definition) is 4. The lowest BCUT2D eigenvalue weighted by Crippen LogP contribution is -2.74. The topological polar surface area (TPSA) is 66.8 Å². The molecule has 0 aromatic carbocycles. The molecular weight excluding hydrogens is 448 g/mol. The fraction of sp³-hybridized carbons (Fsp3) is 0.969. The largest absolute Gasteiger partial charge is 0.459 e. The van der Waals surface area contributed by atoms with E-state index < -0.39 is 17.8 Å². The van der Waals surface area contributed by atoms with Crippen LogP contribution >= 0.6 is 0 Å². The minimum Gasteiger partial charge on any atom is -0.459 e. The normalized spacial score (nSPS) is 54.0. The lowest BCUT2D eigenvalue weighted by Gasteiger charge is -2.75. The van der Waals surface area contributed by atoms with Gasteiger partial charge in [0.25, 0.3) is 0 Å². The molecule has 0 bridgehead atoms. The van der Waals surface area contributed by atoms with Crippen molar-refractivity contribution in [1.82, 2.24) is 0 Å². The molecule has 36 heavy (non-hydrogen) atoms. The number of rotatable bonds is 2. The smallest absolute Gasteiger partial charge is 0.303 e. The number of esters is 1. The molecule has 5 saturated carbocycles. The molecule has 206 valence electrons. The van der Waals surface area contributed by atoms with Gasteiger partial charge >= 0.3 is 5.97 Å². The molecule has 5 aliphatic carbocycles. The quantitative estimate of drug-likeness (QED) is 0.409. The van der Waals surface area contributed by atoms with Crippen molar-refractivity contribution in [3.8, 4) is 0 Å². The molecule has 0 spiro atoms. The Labute approximate surface area is 220 Å². The molecule has 0 aliphatic heterocycles. The minimum atomic E-state index is -0.652. The van der Waals surface area contributed by atoms with Crippen molar-refractivity contribution in [2.75, 3.05) is 0 Å². The Hall–Kier alpha value is -0.610. The van der Waals surface area contributed by atoms with Crippen molar-refractivity contribution in [2.45, 2.75) is 138 Å². The van der Waals surface area contributed by atoms with Gasteiger partial charge in [0.05, 0.1) is 11.7 Å². The zero-order valence-electron chi connectivity index (χ0n) is 24.6. The lowest BCUT2D eigenvalue weighted by molar-refractivity contribution is -0.312. The Morgan fingerprint density at radius 2 is 1.50 bits per heavy atom. The number of fused-ring (bicyclic) bond motifs is 7. The first-order chi connectivity index (χ1) is 16.4. The highest BCUT2D eigenvalue weighted by molar-refractivity contribution is 5.66. The van der Waals surface area contributed by atoms with Gasteiger partial charge in [0, 0.05) is 18.3 Å². The summed E-state index contributed by atoms with van der Waals surface area (Å²) in [6, 6.07) is 0. The van der Waals surface area contributed by atoms with Crippen LogP contribution in [0.3, 0.4) is 0 Å². The van der Waals surface area contributed by atoms with Crippen LogP contribution in [0, 0.1) is 56.7 Å². The molecule has 5 aliphatic rings. The van der Waals surface area contributed by atoms with Gasteiger partial charge in [-0.2, -0.15) is 0 Å². The second-order valence-corrected chi connectivity index (χ2v) is 16.2. The lowest BCUT2D eigenvalue weighted by atomic mass is 9.31. The van der Waals surface area contributed by atoms with Gasteiger partial charge in [-0.25, -0.2) is 0 Å². The van der Waals surface area contributed by atoms with E-state index in [9.17, 15) is 15.0 Å². The van der Waals surface area contributed by atoms with E-state index in [1.54, 1.807) is 0 Å². The Morgan fingerprint density at radius 3 is 2.11 bits per heavy atom. The van der Waals surface area contributed by atoms with Gasteiger partial charge in [-0.3, -0.25) is 4.79 Å². The SMILES string of the molecule is CC(=O)OC1C2C(C)(C)CCCC2(C)C2CCC3C4(C)CCC(C(C)(C)O)C4CCC3(C)C2(C)C1O. The van der Waals surface area contributed by atoms with E-state index in [0.29, 0.717) is 23.7 Å². The standard InChI is InChI=1S/C32H54O4/c1-19(33)36-24-25-27(2,3)15-10-16-30(25,7)23-12-11-22-29(6)17-13-20(28(4,5)35)21(29)14-18-31(22,8)32(23,9)26(24)34/h20-26,34-35H,10-18H2,1-9H3. The molecule has 2 N–H and O–H groups in total. The maximum absolute atomic E-state index is 12.5. The Kier molecular flexibility index (Phi) is 5.97. The third-order valence-electron chi connectivity index (χ3n) is 13.9. The summed E-state index contributed by atoms with van der Waals surface area (Å²) < 4.78 is 6.16. The summed E-state index contributed by atoms with van der Waals surface area (Å²) in [5.41, 5.74) is -0.712. The van der Waals surface area contributed by atoms with Crippen LogP contribution in [0.15, 0.2) is 0 Å². The van der Waals surface area contributed by atoms with Crippen molar-refractivity contribution in [3.05, 3.63) is 0 Å². The van der Waals surface area contributed by atoms with Crippen LogP contribution in [0.5, 0.6) is 0 Å². The zero-order chi connectivity index (χ0) is 26.7. The summed E-state index contributed by atoms with van der Waals surface area (Å²) in [4.78, 5) is 12.4. The Bertz CT molecular complexity index is 904. The average Bonchev–Trinajstić information content (AvgIpc) is 3.09. The Balaban J connectivity index is 1.62. The van der Waals surface area contributed by atoms with E-state index in [2.05, 4.69) is 41.5 Å². The van der Waals surface area contributed by atoms with Gasteiger partial charge in [-0.15, -0.1) is 0 Å². The number of ether oxygens (including phenoxy) is 1. The van der Waals surface area contributed by atoms with Crippen LogP contribution in [0.4, 0.5) is 0 Å². The molecule has 0 saturated heterocycles. The first kappa shape index (κ1) is 27.0. The van der Waals surface area contributed by atoms with Crippen molar-refractivity contribution >= 4 is 5.97 Å². The summed E-state index contributed by atoms with van der Waals surface area (Å²) in [7, 11) is 0. The van der Waals surface area contributed by atoms with Gasteiger partial charge in [-0.05, 0) is 111 Å². The fourth-order valence-electron chi connectivity index (χ4n) is 12.5. The second kappa shape index (κ2) is 7.96. The summed E-state index contributed by atoms with van der Waals surface area (Å²) in [6.07, 6.45) is 9.25. The molecule has 4 nitrogen and oxygen atoms in total. The molecule has 0 aromatic rings. The third kappa shape index (κ3) is 3.28. The van der Waals surface area contributed by atoms with Gasteiger partial charge < -0.3 is 14.9 Å². The molecule has 0 amide bonds. The molecule has 5 fully saturated rings. The first-order valence-electron chi connectivity index (χ1n) is 15.0. The molecule has 0 aromatic heterocycles. The van der Waals surface area contributed by atoms with Crippen LogP contribution in [-0.4, -0.2) is 34.0 Å². The first-order valence-corrected chi connectivity index (χ1v) is 15.0. The monoisotopic (exact) mass is 502 g/mol. The van der Waals surface area contributed by atoms with Crippen LogP contribution in [0.2, 0.25) is 0 Å².